The highest BCUT2D eigenvalue weighted by atomic mass is 19.4. The highest BCUT2D eigenvalue weighted by Crippen LogP contribution is 2.41. The molecule has 0 atom stereocenters. The van der Waals surface area contributed by atoms with Gasteiger partial charge in [0.15, 0.2) is 0 Å². The fraction of sp³-hybridized carbons (Fsp3) is 0.385. The number of hydrogen-bond donors (Lipinski definition) is 0. The summed E-state index contributed by atoms with van der Waals surface area (Å²) < 4.78 is 43.8. The molecule has 0 saturated heterocycles. The van der Waals surface area contributed by atoms with E-state index >= 15 is 0 Å². The van der Waals surface area contributed by atoms with Crippen molar-refractivity contribution in [1.29, 1.82) is 0 Å². The number of hydrogen-bond acceptors (Lipinski definition) is 1. The number of allylic oxidation sites excluding steroid dienone is 1. The van der Waals surface area contributed by atoms with Gasteiger partial charge in [0.05, 0.1) is 5.57 Å². The third-order valence-corrected chi connectivity index (χ3v) is 2.73. The van der Waals surface area contributed by atoms with Gasteiger partial charge in [-0.15, -0.1) is 0 Å². The van der Waals surface area contributed by atoms with Crippen molar-refractivity contribution >= 4 is 5.57 Å². The lowest BCUT2D eigenvalue weighted by molar-refractivity contribution is -0.0697. The number of rotatable bonds is 2. The second-order valence-corrected chi connectivity index (χ2v) is 3.97. The van der Waals surface area contributed by atoms with Crippen LogP contribution in [0.2, 0.25) is 0 Å². The number of benzene rings is 1. The standard InChI is InChI=1S/C13H13F3O/c1-2-4-9-5-3-6-10-11(13(14,15)16)7-8-17-12(9)10/h3,5-7H,2,4,8H2,1H3. The molecule has 1 heterocycles. The summed E-state index contributed by atoms with van der Waals surface area (Å²) in [4.78, 5) is 0. The topological polar surface area (TPSA) is 9.23 Å². The van der Waals surface area contributed by atoms with Gasteiger partial charge in [-0.05, 0) is 18.1 Å². The lowest BCUT2D eigenvalue weighted by atomic mass is 9.97. The molecule has 1 aliphatic heterocycles. The fourth-order valence-corrected chi connectivity index (χ4v) is 2.02. The second-order valence-electron chi connectivity index (χ2n) is 3.97. The molecule has 0 aromatic heterocycles. The summed E-state index contributed by atoms with van der Waals surface area (Å²) >= 11 is 0. The summed E-state index contributed by atoms with van der Waals surface area (Å²) in [7, 11) is 0. The van der Waals surface area contributed by atoms with Crippen molar-refractivity contribution < 1.29 is 17.9 Å². The minimum absolute atomic E-state index is 0.0113. The van der Waals surface area contributed by atoms with Gasteiger partial charge in [0.25, 0.3) is 0 Å². The van der Waals surface area contributed by atoms with Crippen LogP contribution in [-0.4, -0.2) is 12.8 Å². The quantitative estimate of drug-likeness (QED) is 0.762. The number of halogens is 3. The zero-order chi connectivity index (χ0) is 12.5. The maximum atomic E-state index is 12.8. The fourth-order valence-electron chi connectivity index (χ4n) is 2.02. The van der Waals surface area contributed by atoms with Crippen molar-refractivity contribution in [1.82, 2.24) is 0 Å². The normalized spacial score (nSPS) is 14.9. The van der Waals surface area contributed by atoms with E-state index in [0.29, 0.717) is 5.75 Å². The van der Waals surface area contributed by atoms with Crippen molar-refractivity contribution in [2.45, 2.75) is 25.9 Å². The molecule has 0 radical (unpaired) electrons. The molecule has 0 spiro atoms. The first-order valence-electron chi connectivity index (χ1n) is 5.56. The molecule has 1 aromatic carbocycles. The Balaban J connectivity index is 2.49. The minimum atomic E-state index is -4.32. The lowest BCUT2D eigenvalue weighted by Crippen LogP contribution is -2.17. The zero-order valence-corrected chi connectivity index (χ0v) is 9.47. The molecule has 1 nitrogen and oxygen atoms in total. The molecule has 92 valence electrons. The summed E-state index contributed by atoms with van der Waals surface area (Å²) in [6.45, 7) is 1.98. The summed E-state index contributed by atoms with van der Waals surface area (Å²) in [5, 5.41) is 0. The smallest absolute Gasteiger partial charge is 0.416 e. The van der Waals surface area contributed by atoms with Gasteiger partial charge >= 0.3 is 6.18 Å². The Morgan fingerprint density at radius 2 is 2.06 bits per heavy atom. The van der Waals surface area contributed by atoms with Gasteiger partial charge in [-0.2, -0.15) is 13.2 Å². The Morgan fingerprint density at radius 1 is 1.29 bits per heavy atom. The molecule has 0 unspecified atom stereocenters. The molecular formula is C13H13F3O. The van der Waals surface area contributed by atoms with Crippen LogP contribution in [0.15, 0.2) is 24.3 Å². The average molecular weight is 242 g/mol. The van der Waals surface area contributed by atoms with Gasteiger partial charge in [-0.1, -0.05) is 31.5 Å². The monoisotopic (exact) mass is 242 g/mol. The van der Waals surface area contributed by atoms with Crippen LogP contribution in [0, 0.1) is 0 Å². The van der Waals surface area contributed by atoms with Crippen LogP contribution in [-0.2, 0) is 6.42 Å². The molecule has 2 rings (SSSR count). The zero-order valence-electron chi connectivity index (χ0n) is 9.47. The maximum Gasteiger partial charge on any atom is 0.416 e. The Labute approximate surface area is 97.9 Å². The van der Waals surface area contributed by atoms with Crippen LogP contribution >= 0.6 is 0 Å². The largest absolute Gasteiger partial charge is 0.489 e. The molecule has 0 amide bonds. The first-order chi connectivity index (χ1) is 8.04. The van der Waals surface area contributed by atoms with E-state index in [1.54, 1.807) is 6.07 Å². The van der Waals surface area contributed by atoms with Crippen LogP contribution in [0.1, 0.15) is 24.5 Å². The molecule has 17 heavy (non-hydrogen) atoms. The van der Waals surface area contributed by atoms with Crippen LogP contribution in [0.3, 0.4) is 0 Å². The number of aryl methyl sites for hydroxylation is 1. The van der Waals surface area contributed by atoms with Gasteiger partial charge in [0, 0.05) is 5.56 Å². The first-order valence-corrected chi connectivity index (χ1v) is 5.56. The van der Waals surface area contributed by atoms with Crippen LogP contribution in [0.25, 0.3) is 5.57 Å². The van der Waals surface area contributed by atoms with E-state index in [1.165, 1.54) is 6.07 Å². The van der Waals surface area contributed by atoms with Crippen LogP contribution in [0.5, 0.6) is 5.75 Å². The Hall–Kier alpha value is -1.45. The molecule has 0 N–H and O–H groups in total. The number of alkyl halides is 3. The third kappa shape index (κ3) is 2.30. The van der Waals surface area contributed by atoms with Crippen molar-refractivity contribution in [3.8, 4) is 5.75 Å². The van der Waals surface area contributed by atoms with Crippen LogP contribution in [0.4, 0.5) is 13.2 Å². The van der Waals surface area contributed by atoms with Gasteiger partial charge < -0.3 is 4.74 Å². The maximum absolute atomic E-state index is 12.8. The highest BCUT2D eigenvalue weighted by Gasteiger charge is 2.37. The molecule has 0 saturated carbocycles. The van der Waals surface area contributed by atoms with E-state index in [4.69, 9.17) is 4.74 Å². The Bertz CT molecular complexity index is 446. The average Bonchev–Trinajstić information content (AvgIpc) is 2.28. The molecular weight excluding hydrogens is 229 g/mol. The van der Waals surface area contributed by atoms with Gasteiger partial charge in [0.1, 0.15) is 12.4 Å². The minimum Gasteiger partial charge on any atom is -0.489 e. The van der Waals surface area contributed by atoms with Crippen molar-refractivity contribution in [2.24, 2.45) is 0 Å². The molecule has 0 bridgehead atoms. The molecule has 4 heteroatoms. The van der Waals surface area contributed by atoms with E-state index in [9.17, 15) is 13.2 Å². The number of fused-ring (bicyclic) bond motifs is 1. The molecule has 0 aliphatic carbocycles. The van der Waals surface area contributed by atoms with Gasteiger partial charge in [-0.3, -0.25) is 0 Å². The van der Waals surface area contributed by atoms with E-state index < -0.39 is 11.7 Å². The molecule has 1 aromatic rings. The van der Waals surface area contributed by atoms with Crippen molar-refractivity contribution in [2.75, 3.05) is 6.61 Å². The lowest BCUT2D eigenvalue weighted by Gasteiger charge is -2.22. The second kappa shape index (κ2) is 4.43. The number of ether oxygens (including phenoxy) is 1. The van der Waals surface area contributed by atoms with E-state index in [-0.39, 0.29) is 12.2 Å². The molecule has 1 aliphatic rings. The third-order valence-electron chi connectivity index (χ3n) is 2.73. The predicted molar refractivity (Wildman–Crippen MR) is 60.0 cm³/mol. The Kier molecular flexibility index (Phi) is 3.13. The van der Waals surface area contributed by atoms with Gasteiger partial charge in [-0.25, -0.2) is 0 Å². The predicted octanol–water partition coefficient (Wildman–Crippen LogP) is 3.98. The van der Waals surface area contributed by atoms with Crippen LogP contribution < -0.4 is 4.74 Å². The van der Waals surface area contributed by atoms with E-state index in [1.807, 2.05) is 13.0 Å². The first kappa shape index (κ1) is 12.0. The summed E-state index contributed by atoms with van der Waals surface area (Å²) in [6.07, 6.45) is -1.61. The van der Waals surface area contributed by atoms with E-state index in [2.05, 4.69) is 0 Å². The van der Waals surface area contributed by atoms with Gasteiger partial charge in [0.2, 0.25) is 0 Å². The summed E-state index contributed by atoms with van der Waals surface area (Å²) in [6, 6.07) is 4.94. The number of para-hydroxylation sites is 1. The summed E-state index contributed by atoms with van der Waals surface area (Å²) in [5.74, 6) is 0.393. The van der Waals surface area contributed by atoms with Crippen molar-refractivity contribution in [3.63, 3.8) is 0 Å². The summed E-state index contributed by atoms with van der Waals surface area (Å²) in [5.41, 5.74) is 0.422. The molecule has 0 fully saturated rings. The van der Waals surface area contributed by atoms with E-state index in [0.717, 1.165) is 24.5 Å². The SMILES string of the molecule is CCCc1cccc2c1OCC=C2C(F)(F)F. The van der Waals surface area contributed by atoms with Crippen molar-refractivity contribution in [3.05, 3.63) is 35.4 Å². The Morgan fingerprint density at radius 3 is 2.71 bits per heavy atom. The highest BCUT2D eigenvalue weighted by molar-refractivity contribution is 5.76.